The third-order valence-corrected chi connectivity index (χ3v) is 6.61. The van der Waals surface area contributed by atoms with E-state index in [1.807, 2.05) is 54.1 Å². The molecule has 1 saturated heterocycles. The van der Waals surface area contributed by atoms with Crippen molar-refractivity contribution in [3.63, 3.8) is 0 Å². The van der Waals surface area contributed by atoms with Gasteiger partial charge in [-0.25, -0.2) is 4.98 Å². The van der Waals surface area contributed by atoms with Gasteiger partial charge in [0.2, 0.25) is 0 Å². The van der Waals surface area contributed by atoms with E-state index in [4.69, 9.17) is 16.7 Å². The fourth-order valence-electron chi connectivity index (χ4n) is 4.52. The topological polar surface area (TPSA) is 53.2 Å². The monoisotopic (exact) mass is 447 g/mol. The lowest BCUT2D eigenvalue weighted by molar-refractivity contribution is -0.124. The summed E-state index contributed by atoms with van der Waals surface area (Å²) in [7, 11) is 0. The highest BCUT2D eigenvalue weighted by atomic mass is 35.5. The van der Waals surface area contributed by atoms with Crippen LogP contribution in [0.1, 0.15) is 31.0 Å². The molecule has 0 N–H and O–H groups in total. The first kappa shape index (κ1) is 20.9. The van der Waals surface area contributed by atoms with Gasteiger partial charge in [0.05, 0.1) is 22.1 Å². The molecule has 3 aliphatic heterocycles. The van der Waals surface area contributed by atoms with Gasteiger partial charge in [-0.3, -0.25) is 4.79 Å². The number of allylic oxidation sites excluding steroid dienone is 6. The molecule has 1 fully saturated rings. The summed E-state index contributed by atoms with van der Waals surface area (Å²) in [5, 5.41) is 6.84. The Morgan fingerprint density at radius 2 is 1.97 bits per heavy atom. The van der Waals surface area contributed by atoms with Crippen LogP contribution in [0.25, 0.3) is 11.2 Å². The van der Waals surface area contributed by atoms with E-state index < -0.39 is 0 Å². The number of hydrogen-bond acceptors (Lipinski definition) is 4. The molecule has 0 unspecified atom stereocenters. The Kier molecular flexibility index (Phi) is 5.57. The van der Waals surface area contributed by atoms with Crippen LogP contribution < -0.4 is 0 Å². The summed E-state index contributed by atoms with van der Waals surface area (Å²) >= 11 is 6.46. The van der Waals surface area contributed by atoms with Crippen LogP contribution in [0.5, 0.6) is 0 Å². The molecule has 6 nitrogen and oxygen atoms in total. The lowest BCUT2D eigenvalue weighted by Gasteiger charge is -2.32. The summed E-state index contributed by atoms with van der Waals surface area (Å²) in [6.45, 7) is 7.37. The molecule has 5 rings (SSSR count). The number of pyridine rings is 1. The van der Waals surface area contributed by atoms with Crippen molar-refractivity contribution >= 4 is 34.4 Å². The average Bonchev–Trinajstić information content (AvgIpc) is 3.18. The summed E-state index contributed by atoms with van der Waals surface area (Å²) in [5.74, 6) is 0.222. The van der Waals surface area contributed by atoms with Crippen molar-refractivity contribution in [1.29, 1.82) is 0 Å². The van der Waals surface area contributed by atoms with Crippen molar-refractivity contribution in [2.24, 2.45) is 11.0 Å². The standard InChI is InChI=1S/C25H26ClN5O/c1-3-29-11-9-18(10-12-29)23-8-7-21-6-4-5-19(14-24(32)31(21)28-23)20-13-22(26)25-27-17(2)15-30(25)16-20/h4-8,13-16,18H,3,9-12H2,1-2H3/b5-4+,19-14+,21-6+. The smallest absolute Gasteiger partial charge is 0.272 e. The van der Waals surface area contributed by atoms with Crippen molar-refractivity contribution < 1.29 is 4.79 Å². The Bertz CT molecular complexity index is 1220. The van der Waals surface area contributed by atoms with Crippen LogP contribution in [0, 0.1) is 12.8 Å². The first-order valence-electron chi connectivity index (χ1n) is 11.1. The van der Waals surface area contributed by atoms with E-state index in [1.54, 1.807) is 6.08 Å². The van der Waals surface area contributed by atoms with Gasteiger partial charge < -0.3 is 9.30 Å². The Balaban J connectivity index is 1.45. The molecule has 2 aromatic rings. The third-order valence-electron chi connectivity index (χ3n) is 6.33. The zero-order valence-corrected chi connectivity index (χ0v) is 19.1. The molecular formula is C25H26ClN5O. The number of piperidine rings is 1. The summed E-state index contributed by atoms with van der Waals surface area (Å²) in [6, 6.07) is 1.85. The van der Waals surface area contributed by atoms with Crippen molar-refractivity contribution in [3.05, 3.63) is 76.9 Å². The van der Waals surface area contributed by atoms with Crippen molar-refractivity contribution in [3.8, 4) is 0 Å². The summed E-state index contributed by atoms with van der Waals surface area (Å²) < 4.78 is 1.90. The largest absolute Gasteiger partial charge is 0.305 e. The predicted octanol–water partition coefficient (Wildman–Crippen LogP) is 4.62. The van der Waals surface area contributed by atoms with Crippen LogP contribution in [-0.4, -0.2) is 50.5 Å². The number of rotatable bonds is 3. The second-order valence-corrected chi connectivity index (χ2v) is 8.86. The van der Waals surface area contributed by atoms with E-state index >= 15 is 0 Å². The predicted molar refractivity (Wildman–Crippen MR) is 128 cm³/mol. The lowest BCUT2D eigenvalue weighted by atomic mass is 9.91. The first-order valence-corrected chi connectivity index (χ1v) is 11.5. The molecule has 0 aliphatic carbocycles. The number of amides is 1. The Morgan fingerprint density at radius 3 is 2.75 bits per heavy atom. The normalized spacial score (nSPS) is 24.3. The molecule has 32 heavy (non-hydrogen) atoms. The van der Waals surface area contributed by atoms with Gasteiger partial charge in [-0.05, 0) is 69.3 Å². The second-order valence-electron chi connectivity index (χ2n) is 8.46. The number of aromatic nitrogens is 2. The minimum Gasteiger partial charge on any atom is -0.305 e. The van der Waals surface area contributed by atoms with E-state index in [1.165, 1.54) is 5.01 Å². The molecule has 0 radical (unpaired) electrons. The Hall–Kier alpha value is -2.96. The fraction of sp³-hybridized carbons (Fsp3) is 0.320. The van der Waals surface area contributed by atoms with E-state index in [2.05, 4.69) is 22.9 Å². The van der Waals surface area contributed by atoms with Crippen LogP contribution in [-0.2, 0) is 4.79 Å². The van der Waals surface area contributed by atoms with Crippen LogP contribution in [0.4, 0.5) is 0 Å². The summed E-state index contributed by atoms with van der Waals surface area (Å²) in [4.78, 5) is 20.1. The lowest BCUT2D eigenvalue weighted by Crippen LogP contribution is -2.37. The van der Waals surface area contributed by atoms with Crippen LogP contribution in [0.15, 0.2) is 65.7 Å². The summed E-state index contributed by atoms with van der Waals surface area (Å²) in [5.41, 5.74) is 5.00. The van der Waals surface area contributed by atoms with Gasteiger partial charge in [0.15, 0.2) is 5.65 Å². The van der Waals surface area contributed by atoms with E-state index in [0.29, 0.717) is 16.6 Å². The molecule has 0 bridgehead atoms. The number of likely N-dealkylation sites (tertiary alicyclic amines) is 1. The highest BCUT2D eigenvalue weighted by Gasteiger charge is 2.26. The fourth-order valence-corrected chi connectivity index (χ4v) is 4.78. The maximum Gasteiger partial charge on any atom is 0.272 e. The van der Waals surface area contributed by atoms with Gasteiger partial charge in [-0.1, -0.05) is 30.7 Å². The van der Waals surface area contributed by atoms with Crippen molar-refractivity contribution in [2.75, 3.05) is 19.6 Å². The highest BCUT2D eigenvalue weighted by molar-refractivity contribution is 6.33. The molecule has 164 valence electrons. The third kappa shape index (κ3) is 3.96. The first-order chi connectivity index (χ1) is 15.5. The number of fused-ring (bicyclic) bond motifs is 2. The molecule has 2 aromatic heterocycles. The minimum absolute atomic E-state index is 0.165. The van der Waals surface area contributed by atoms with Gasteiger partial charge in [-0.2, -0.15) is 10.1 Å². The molecule has 0 saturated carbocycles. The number of imidazole rings is 1. The van der Waals surface area contributed by atoms with Gasteiger partial charge in [0.1, 0.15) is 0 Å². The van der Waals surface area contributed by atoms with Crippen molar-refractivity contribution in [2.45, 2.75) is 26.7 Å². The van der Waals surface area contributed by atoms with E-state index in [-0.39, 0.29) is 5.91 Å². The van der Waals surface area contributed by atoms with E-state index in [0.717, 1.165) is 60.7 Å². The molecule has 0 aromatic carbocycles. The van der Waals surface area contributed by atoms with Crippen LogP contribution >= 0.6 is 11.6 Å². The maximum absolute atomic E-state index is 13.2. The zero-order valence-electron chi connectivity index (χ0n) is 18.3. The molecular weight excluding hydrogens is 422 g/mol. The average molecular weight is 448 g/mol. The van der Waals surface area contributed by atoms with Crippen molar-refractivity contribution in [1.82, 2.24) is 19.3 Å². The number of carbonyl (C=O) groups excluding carboxylic acids is 1. The van der Waals surface area contributed by atoms with Crippen LogP contribution in [0.2, 0.25) is 5.02 Å². The molecule has 7 heteroatoms. The molecule has 0 atom stereocenters. The molecule has 5 heterocycles. The minimum atomic E-state index is -0.165. The van der Waals surface area contributed by atoms with E-state index in [9.17, 15) is 4.79 Å². The van der Waals surface area contributed by atoms with Crippen LogP contribution in [0.3, 0.4) is 0 Å². The second kappa shape index (κ2) is 8.52. The maximum atomic E-state index is 13.2. The molecule has 0 spiro atoms. The number of hydrogen-bond donors (Lipinski definition) is 0. The number of carbonyl (C=O) groups is 1. The number of hydrazone groups is 1. The summed E-state index contributed by atoms with van der Waals surface area (Å²) in [6.07, 6.45) is 17.5. The Morgan fingerprint density at radius 1 is 1.16 bits per heavy atom. The molecule has 1 amide bonds. The number of halogens is 1. The molecule has 3 aliphatic rings. The Labute approximate surface area is 192 Å². The quantitative estimate of drug-likeness (QED) is 0.689. The SMILES string of the molecule is CCN1CCC(C2=NN3C(=O)\C=C(c4cc(Cl)c5nc(C)cn5c4)/C=C/C=C/3C=C2)CC1. The highest BCUT2D eigenvalue weighted by Crippen LogP contribution is 2.28. The number of aryl methyl sites for hydroxylation is 1. The van der Waals surface area contributed by atoms with Gasteiger partial charge in [0.25, 0.3) is 5.91 Å². The van der Waals surface area contributed by atoms with Gasteiger partial charge in [0, 0.05) is 30.0 Å². The zero-order chi connectivity index (χ0) is 22.2. The van der Waals surface area contributed by atoms with Gasteiger partial charge >= 0.3 is 0 Å². The van der Waals surface area contributed by atoms with Gasteiger partial charge in [-0.15, -0.1) is 0 Å². The number of nitrogens with zero attached hydrogens (tertiary/aromatic N) is 5.